The molecule has 20 heavy (non-hydrogen) atoms. The third-order valence-electron chi connectivity index (χ3n) is 2.91. The van der Waals surface area contributed by atoms with Crippen LogP contribution in [0.2, 0.25) is 0 Å². The molecule has 0 aliphatic heterocycles. The molecule has 108 valence electrons. The fourth-order valence-corrected chi connectivity index (χ4v) is 2.76. The van der Waals surface area contributed by atoms with Crippen molar-refractivity contribution in [1.29, 1.82) is 0 Å². The zero-order valence-electron chi connectivity index (χ0n) is 11.3. The molecule has 0 amide bonds. The predicted octanol–water partition coefficient (Wildman–Crippen LogP) is 1.52. The number of rotatable bonds is 7. The number of furan rings is 1. The molecule has 0 fully saturated rings. The summed E-state index contributed by atoms with van der Waals surface area (Å²) in [7, 11) is -1.61. The summed E-state index contributed by atoms with van der Waals surface area (Å²) in [5, 5.41) is 3.06. The van der Waals surface area contributed by atoms with Crippen LogP contribution in [0.25, 0.3) is 0 Å². The van der Waals surface area contributed by atoms with E-state index in [2.05, 4.69) is 10.0 Å². The van der Waals surface area contributed by atoms with Gasteiger partial charge in [-0.15, -0.1) is 0 Å². The maximum absolute atomic E-state index is 12.1. The average Bonchev–Trinajstić information content (AvgIpc) is 2.97. The van der Waals surface area contributed by atoms with E-state index < -0.39 is 10.0 Å². The van der Waals surface area contributed by atoms with Crippen molar-refractivity contribution in [3.8, 4) is 0 Å². The van der Waals surface area contributed by atoms with Crippen LogP contribution in [0.3, 0.4) is 0 Å². The molecule has 2 rings (SSSR count). The van der Waals surface area contributed by atoms with E-state index in [1.807, 2.05) is 19.2 Å². The van der Waals surface area contributed by atoms with E-state index in [0.29, 0.717) is 5.76 Å². The monoisotopic (exact) mass is 294 g/mol. The van der Waals surface area contributed by atoms with Gasteiger partial charge >= 0.3 is 0 Å². The van der Waals surface area contributed by atoms with Crippen LogP contribution in [0.5, 0.6) is 0 Å². The van der Waals surface area contributed by atoms with Gasteiger partial charge in [0.2, 0.25) is 10.0 Å². The molecule has 1 heterocycles. The number of hydrogen-bond acceptors (Lipinski definition) is 4. The molecule has 0 aliphatic carbocycles. The number of hydrogen-bond donors (Lipinski definition) is 2. The summed E-state index contributed by atoms with van der Waals surface area (Å²) in [6.07, 6.45) is 2.39. The van der Waals surface area contributed by atoms with Crippen LogP contribution in [0.4, 0.5) is 0 Å². The van der Waals surface area contributed by atoms with E-state index in [4.69, 9.17) is 4.42 Å². The molecule has 6 heteroatoms. The van der Waals surface area contributed by atoms with Gasteiger partial charge in [-0.2, -0.15) is 0 Å². The molecule has 2 N–H and O–H groups in total. The minimum atomic E-state index is -3.50. The van der Waals surface area contributed by atoms with Crippen molar-refractivity contribution in [3.05, 3.63) is 54.0 Å². The lowest BCUT2D eigenvalue weighted by Crippen LogP contribution is -2.23. The third kappa shape index (κ3) is 3.93. The second-order valence-electron chi connectivity index (χ2n) is 4.40. The molecule has 0 spiro atoms. The Morgan fingerprint density at radius 2 is 1.90 bits per heavy atom. The van der Waals surface area contributed by atoms with Gasteiger partial charge in [-0.1, -0.05) is 12.1 Å². The summed E-state index contributed by atoms with van der Waals surface area (Å²) in [5.41, 5.74) is 1.10. The Morgan fingerprint density at radius 3 is 2.50 bits per heavy atom. The van der Waals surface area contributed by atoms with Gasteiger partial charge in [0.15, 0.2) is 0 Å². The highest BCUT2D eigenvalue weighted by atomic mass is 32.2. The predicted molar refractivity (Wildman–Crippen MR) is 76.8 cm³/mol. The molecule has 0 atom stereocenters. The van der Waals surface area contributed by atoms with Crippen molar-refractivity contribution in [3.63, 3.8) is 0 Å². The molecule has 0 bridgehead atoms. The first kappa shape index (κ1) is 14.8. The number of nitrogens with one attached hydrogen (secondary N) is 2. The van der Waals surface area contributed by atoms with Crippen LogP contribution in [0.15, 0.2) is 52.0 Å². The molecule has 0 saturated heterocycles. The van der Waals surface area contributed by atoms with E-state index >= 15 is 0 Å². The van der Waals surface area contributed by atoms with Crippen molar-refractivity contribution in [1.82, 2.24) is 10.0 Å². The summed E-state index contributed by atoms with van der Waals surface area (Å²) in [4.78, 5) is 0.261. The Balaban J connectivity index is 2.01. The highest BCUT2D eigenvalue weighted by Gasteiger charge is 2.13. The lowest BCUT2D eigenvalue weighted by Gasteiger charge is -2.06. The van der Waals surface area contributed by atoms with Crippen LogP contribution in [0.1, 0.15) is 11.3 Å². The van der Waals surface area contributed by atoms with Gasteiger partial charge in [0.05, 0.1) is 17.7 Å². The fourth-order valence-electron chi connectivity index (χ4n) is 1.77. The van der Waals surface area contributed by atoms with Gasteiger partial charge in [0.25, 0.3) is 0 Å². The highest BCUT2D eigenvalue weighted by Crippen LogP contribution is 2.11. The Kier molecular flexibility index (Phi) is 4.94. The smallest absolute Gasteiger partial charge is 0.240 e. The lowest BCUT2D eigenvalue weighted by molar-refractivity contribution is 0.498. The number of sulfonamides is 1. The quantitative estimate of drug-likeness (QED) is 0.812. The molecule has 0 aliphatic rings. The Morgan fingerprint density at radius 1 is 1.15 bits per heavy atom. The first-order valence-electron chi connectivity index (χ1n) is 6.37. The molecule has 0 saturated carbocycles. The van der Waals surface area contributed by atoms with Crippen LogP contribution >= 0.6 is 0 Å². The minimum absolute atomic E-state index is 0.150. The third-order valence-corrected chi connectivity index (χ3v) is 4.33. The SMILES string of the molecule is CNCCc1ccc(S(=O)(=O)NCc2ccco2)cc1. The standard InChI is InChI=1S/C14H18N2O3S/c1-15-9-8-12-4-6-14(7-5-12)20(17,18)16-11-13-3-2-10-19-13/h2-7,10,15-16H,8-9,11H2,1H3. The minimum Gasteiger partial charge on any atom is -0.468 e. The molecular formula is C14H18N2O3S. The molecule has 5 nitrogen and oxygen atoms in total. The Hall–Kier alpha value is -1.63. The van der Waals surface area contributed by atoms with Gasteiger partial charge in [-0.25, -0.2) is 13.1 Å². The summed E-state index contributed by atoms with van der Waals surface area (Å²) >= 11 is 0. The summed E-state index contributed by atoms with van der Waals surface area (Å²) in [5.74, 6) is 0.583. The molecule has 2 aromatic rings. The van der Waals surface area contributed by atoms with E-state index in [1.54, 1.807) is 24.3 Å². The number of likely N-dealkylation sites (N-methyl/N-ethyl adjacent to an activating group) is 1. The largest absolute Gasteiger partial charge is 0.468 e. The van der Waals surface area contributed by atoms with Gasteiger partial charge < -0.3 is 9.73 Å². The van der Waals surface area contributed by atoms with Crippen molar-refractivity contribution < 1.29 is 12.8 Å². The van der Waals surface area contributed by atoms with Crippen LogP contribution < -0.4 is 10.0 Å². The topological polar surface area (TPSA) is 71.3 Å². The highest BCUT2D eigenvalue weighted by molar-refractivity contribution is 7.89. The summed E-state index contributed by atoms with van der Waals surface area (Å²) < 4.78 is 31.8. The van der Waals surface area contributed by atoms with E-state index in [-0.39, 0.29) is 11.4 Å². The van der Waals surface area contributed by atoms with Crippen molar-refractivity contribution in [2.75, 3.05) is 13.6 Å². The zero-order valence-corrected chi connectivity index (χ0v) is 12.1. The van der Waals surface area contributed by atoms with E-state index in [0.717, 1.165) is 18.5 Å². The normalized spacial score (nSPS) is 11.7. The fraction of sp³-hybridized carbons (Fsp3) is 0.286. The van der Waals surface area contributed by atoms with Gasteiger partial charge in [-0.05, 0) is 49.8 Å². The number of benzene rings is 1. The Labute approximate surface area is 119 Å². The molecule has 1 aromatic heterocycles. The molecule has 1 aromatic carbocycles. The van der Waals surface area contributed by atoms with Crippen LogP contribution in [-0.4, -0.2) is 22.0 Å². The molecule has 0 radical (unpaired) electrons. The second-order valence-corrected chi connectivity index (χ2v) is 6.17. The summed E-state index contributed by atoms with van der Waals surface area (Å²) in [6.45, 7) is 1.01. The first-order chi connectivity index (χ1) is 9.62. The maximum atomic E-state index is 12.1. The lowest BCUT2D eigenvalue weighted by atomic mass is 10.1. The first-order valence-corrected chi connectivity index (χ1v) is 7.86. The van der Waals surface area contributed by atoms with Crippen LogP contribution in [-0.2, 0) is 23.0 Å². The van der Waals surface area contributed by atoms with Crippen molar-refractivity contribution in [2.24, 2.45) is 0 Å². The zero-order chi connectivity index (χ0) is 14.4. The van der Waals surface area contributed by atoms with Crippen molar-refractivity contribution >= 4 is 10.0 Å². The van der Waals surface area contributed by atoms with Gasteiger partial charge in [0, 0.05) is 0 Å². The van der Waals surface area contributed by atoms with Gasteiger partial charge in [-0.3, -0.25) is 0 Å². The second kappa shape index (κ2) is 6.69. The molecule has 0 unspecified atom stereocenters. The van der Waals surface area contributed by atoms with E-state index in [1.165, 1.54) is 6.26 Å². The van der Waals surface area contributed by atoms with E-state index in [9.17, 15) is 8.42 Å². The summed E-state index contributed by atoms with van der Waals surface area (Å²) in [6, 6.07) is 10.4. The maximum Gasteiger partial charge on any atom is 0.240 e. The Bertz CT molecular complexity index is 619. The molecular weight excluding hydrogens is 276 g/mol. The average molecular weight is 294 g/mol. The van der Waals surface area contributed by atoms with Crippen LogP contribution in [0, 0.1) is 0 Å². The van der Waals surface area contributed by atoms with Gasteiger partial charge in [0.1, 0.15) is 5.76 Å². The van der Waals surface area contributed by atoms with Crippen molar-refractivity contribution in [2.45, 2.75) is 17.9 Å².